The zero-order valence-corrected chi connectivity index (χ0v) is 10.5. The summed E-state index contributed by atoms with van der Waals surface area (Å²) >= 11 is 1.65. The van der Waals surface area contributed by atoms with Crippen LogP contribution in [0.2, 0.25) is 0 Å². The maximum Gasteiger partial charge on any atom is 0.213 e. The number of hydrogen-bond donors (Lipinski definition) is 1. The minimum atomic E-state index is 0.590. The molecule has 0 radical (unpaired) electrons. The lowest BCUT2D eigenvalue weighted by Crippen LogP contribution is -1.98. The van der Waals surface area contributed by atoms with Gasteiger partial charge in [0.25, 0.3) is 0 Å². The van der Waals surface area contributed by atoms with E-state index in [1.165, 1.54) is 4.88 Å². The van der Waals surface area contributed by atoms with E-state index in [0.717, 1.165) is 23.0 Å². The number of thiazole rings is 1. The largest absolute Gasteiger partial charge is 0.444 e. The fraction of sp³-hybridized carbons (Fsp3) is 0.455. The molecule has 0 saturated heterocycles. The minimum absolute atomic E-state index is 0.590. The highest BCUT2D eigenvalue weighted by Crippen LogP contribution is 2.21. The van der Waals surface area contributed by atoms with Gasteiger partial charge >= 0.3 is 0 Å². The van der Waals surface area contributed by atoms with Crippen LogP contribution in [-0.4, -0.2) is 9.97 Å². The minimum Gasteiger partial charge on any atom is -0.444 e. The molecule has 0 fully saturated rings. The van der Waals surface area contributed by atoms with Gasteiger partial charge in [-0.25, -0.2) is 9.97 Å². The molecule has 5 heteroatoms. The Labute approximate surface area is 98.7 Å². The third-order valence-corrected chi connectivity index (χ3v) is 3.40. The van der Waals surface area contributed by atoms with Crippen molar-refractivity contribution in [1.29, 1.82) is 0 Å². The highest BCUT2D eigenvalue weighted by atomic mass is 32.1. The molecule has 0 aromatic carbocycles. The van der Waals surface area contributed by atoms with Gasteiger partial charge in [0.2, 0.25) is 5.89 Å². The van der Waals surface area contributed by atoms with Crippen LogP contribution in [0, 0.1) is 13.8 Å². The summed E-state index contributed by atoms with van der Waals surface area (Å²) in [6.07, 6.45) is 2.65. The first kappa shape index (κ1) is 11.1. The molecule has 0 bridgehead atoms. The van der Waals surface area contributed by atoms with Crippen LogP contribution < -0.4 is 5.32 Å². The molecule has 2 aromatic heterocycles. The van der Waals surface area contributed by atoms with Gasteiger partial charge in [0.15, 0.2) is 5.13 Å². The van der Waals surface area contributed by atoms with E-state index in [2.05, 4.69) is 22.2 Å². The van der Waals surface area contributed by atoms with Gasteiger partial charge in [-0.1, -0.05) is 6.92 Å². The number of anilines is 1. The number of aryl methyl sites for hydroxylation is 3. The van der Waals surface area contributed by atoms with Gasteiger partial charge in [0.05, 0.1) is 18.4 Å². The van der Waals surface area contributed by atoms with Crippen molar-refractivity contribution < 1.29 is 4.42 Å². The summed E-state index contributed by atoms with van der Waals surface area (Å²) in [5.41, 5.74) is 1.08. The molecule has 0 aliphatic carbocycles. The van der Waals surface area contributed by atoms with Crippen LogP contribution in [0.25, 0.3) is 0 Å². The predicted octanol–water partition coefficient (Wildman–Crippen LogP) is 2.92. The fourth-order valence-corrected chi connectivity index (χ4v) is 2.10. The zero-order chi connectivity index (χ0) is 11.5. The Morgan fingerprint density at radius 3 is 2.81 bits per heavy atom. The van der Waals surface area contributed by atoms with E-state index >= 15 is 0 Å². The van der Waals surface area contributed by atoms with Gasteiger partial charge in [0, 0.05) is 11.3 Å². The highest BCUT2D eigenvalue weighted by molar-refractivity contribution is 7.15. The summed E-state index contributed by atoms with van der Waals surface area (Å²) in [5, 5.41) is 4.13. The summed E-state index contributed by atoms with van der Waals surface area (Å²) in [7, 11) is 0. The van der Waals surface area contributed by atoms with E-state index < -0.39 is 0 Å². The van der Waals surface area contributed by atoms with Crippen LogP contribution >= 0.6 is 11.3 Å². The summed E-state index contributed by atoms with van der Waals surface area (Å²) in [5.74, 6) is 1.63. The smallest absolute Gasteiger partial charge is 0.213 e. The molecule has 0 aliphatic rings. The van der Waals surface area contributed by atoms with E-state index in [9.17, 15) is 0 Å². The van der Waals surface area contributed by atoms with Crippen molar-refractivity contribution in [3.05, 3.63) is 28.4 Å². The molecule has 2 heterocycles. The second kappa shape index (κ2) is 4.65. The molecule has 0 amide bonds. The van der Waals surface area contributed by atoms with E-state index in [1.54, 1.807) is 17.5 Å². The van der Waals surface area contributed by atoms with Gasteiger partial charge in [-0.3, -0.25) is 0 Å². The van der Waals surface area contributed by atoms with Crippen molar-refractivity contribution in [2.45, 2.75) is 33.7 Å². The van der Waals surface area contributed by atoms with Crippen molar-refractivity contribution in [3.63, 3.8) is 0 Å². The molecular formula is C11H15N3OS. The van der Waals surface area contributed by atoms with Crippen LogP contribution in [0.5, 0.6) is 0 Å². The monoisotopic (exact) mass is 237 g/mol. The second-order valence-electron chi connectivity index (χ2n) is 3.59. The van der Waals surface area contributed by atoms with Crippen molar-refractivity contribution in [3.8, 4) is 0 Å². The molecule has 1 N–H and O–H groups in total. The molecular weight excluding hydrogens is 222 g/mol. The summed E-state index contributed by atoms with van der Waals surface area (Å²) in [6, 6.07) is 0. The third kappa shape index (κ3) is 2.41. The van der Waals surface area contributed by atoms with E-state index in [-0.39, 0.29) is 0 Å². The number of rotatable bonds is 4. The summed E-state index contributed by atoms with van der Waals surface area (Å²) in [4.78, 5) is 9.81. The van der Waals surface area contributed by atoms with Gasteiger partial charge < -0.3 is 9.73 Å². The van der Waals surface area contributed by atoms with E-state index in [1.807, 2.05) is 13.8 Å². The average molecular weight is 237 g/mol. The van der Waals surface area contributed by atoms with Crippen molar-refractivity contribution >= 4 is 16.5 Å². The molecule has 0 unspecified atom stereocenters. The molecule has 2 aromatic rings. The maximum absolute atomic E-state index is 5.49. The van der Waals surface area contributed by atoms with Gasteiger partial charge in [0.1, 0.15) is 5.76 Å². The Kier molecular flexibility index (Phi) is 3.24. The Morgan fingerprint density at radius 1 is 1.44 bits per heavy atom. The van der Waals surface area contributed by atoms with E-state index in [0.29, 0.717) is 12.4 Å². The number of aromatic nitrogens is 2. The van der Waals surface area contributed by atoms with Gasteiger partial charge in [-0.05, 0) is 13.8 Å². The van der Waals surface area contributed by atoms with Crippen LogP contribution in [0.15, 0.2) is 10.6 Å². The van der Waals surface area contributed by atoms with Crippen LogP contribution in [0.1, 0.15) is 29.1 Å². The lowest BCUT2D eigenvalue weighted by atomic mass is 10.4. The Hall–Kier alpha value is -1.36. The number of oxazole rings is 1. The molecule has 0 saturated carbocycles. The number of nitrogens with zero attached hydrogens (tertiary/aromatic N) is 2. The highest BCUT2D eigenvalue weighted by Gasteiger charge is 2.05. The molecule has 86 valence electrons. The number of nitrogens with one attached hydrogen (secondary N) is 1. The van der Waals surface area contributed by atoms with Gasteiger partial charge in [-0.15, -0.1) is 11.3 Å². The first-order valence-corrected chi connectivity index (χ1v) is 6.12. The topological polar surface area (TPSA) is 51.0 Å². The lowest BCUT2D eigenvalue weighted by Gasteiger charge is -1.97. The Balaban J connectivity index is 1.96. The quantitative estimate of drug-likeness (QED) is 0.888. The van der Waals surface area contributed by atoms with Crippen LogP contribution in [-0.2, 0) is 13.0 Å². The molecule has 2 rings (SSSR count). The second-order valence-corrected chi connectivity index (χ2v) is 4.79. The van der Waals surface area contributed by atoms with Crippen LogP contribution in [0.4, 0.5) is 5.13 Å². The molecule has 4 nitrogen and oxygen atoms in total. The molecule has 0 spiro atoms. The summed E-state index contributed by atoms with van der Waals surface area (Å²) in [6.45, 7) is 6.72. The lowest BCUT2D eigenvalue weighted by molar-refractivity contribution is 0.466. The van der Waals surface area contributed by atoms with E-state index in [4.69, 9.17) is 4.42 Å². The van der Waals surface area contributed by atoms with Crippen molar-refractivity contribution in [1.82, 2.24) is 9.97 Å². The molecule has 0 atom stereocenters. The SMILES string of the molecule is CCc1cnc(CNc2nc(C)c(C)s2)o1. The predicted molar refractivity (Wildman–Crippen MR) is 64.8 cm³/mol. The Bertz CT molecular complexity index is 456. The number of hydrogen-bond acceptors (Lipinski definition) is 5. The Morgan fingerprint density at radius 2 is 2.25 bits per heavy atom. The molecule has 16 heavy (non-hydrogen) atoms. The van der Waals surface area contributed by atoms with Gasteiger partial charge in [-0.2, -0.15) is 0 Å². The summed E-state index contributed by atoms with van der Waals surface area (Å²) < 4.78 is 5.49. The van der Waals surface area contributed by atoms with Crippen LogP contribution in [0.3, 0.4) is 0 Å². The third-order valence-electron chi connectivity index (χ3n) is 2.37. The first-order valence-electron chi connectivity index (χ1n) is 5.30. The average Bonchev–Trinajstić information content (AvgIpc) is 2.84. The normalized spacial score (nSPS) is 10.7. The van der Waals surface area contributed by atoms with Crippen molar-refractivity contribution in [2.24, 2.45) is 0 Å². The van der Waals surface area contributed by atoms with Crippen molar-refractivity contribution in [2.75, 3.05) is 5.32 Å². The first-order chi connectivity index (χ1) is 7.69. The standard InChI is InChI=1S/C11H15N3OS/c1-4-9-5-12-10(15-9)6-13-11-14-7(2)8(3)16-11/h5H,4,6H2,1-3H3,(H,13,14). The fourth-order valence-electron chi connectivity index (χ4n) is 1.29. The zero-order valence-electron chi connectivity index (χ0n) is 9.70. The molecule has 0 aliphatic heterocycles. The maximum atomic E-state index is 5.49.